The number of anilines is 1. The number of hydrogen-bond donors (Lipinski definition) is 5. The van der Waals surface area contributed by atoms with E-state index < -0.39 is 11.9 Å². The average molecular weight is 701 g/mol. The summed E-state index contributed by atoms with van der Waals surface area (Å²) in [5, 5.41) is 20.5. The van der Waals surface area contributed by atoms with Crippen molar-refractivity contribution in [3.05, 3.63) is 77.6 Å². The first-order valence-corrected chi connectivity index (χ1v) is 17.1. The molecule has 1 aliphatic heterocycles. The number of amides is 3. The summed E-state index contributed by atoms with van der Waals surface area (Å²) < 4.78 is 0. The predicted molar refractivity (Wildman–Crippen MR) is 193 cm³/mol. The standard InChI is InChI=1S/C36H44N10O3.ClH/c1-22-18-32(34(47)41-28-14-16-39-17-15-28)40-21-30(22)25-6-2-23(3-7-25)19-31(38)36(49)46(35(48)27-8-4-24(20-37)5-9-27)29-12-10-26(11-13-29)33-42-44-45-43-33;/h2-3,6-7,10-13,18,21,24,27-28,31,39H,4-5,8-9,14-17,19-20,37-38H2,1H3,(H,41,47)(H,42,43,44,45);1H/t24?,27?,31-;/m0./s1. The summed E-state index contributed by atoms with van der Waals surface area (Å²) in [5.74, 6) is -0.330. The van der Waals surface area contributed by atoms with Crippen molar-refractivity contribution in [1.82, 2.24) is 36.2 Å². The summed E-state index contributed by atoms with van der Waals surface area (Å²) in [7, 11) is 0. The van der Waals surface area contributed by atoms with Gasteiger partial charge in [-0.3, -0.25) is 19.4 Å². The van der Waals surface area contributed by atoms with Gasteiger partial charge >= 0.3 is 0 Å². The fraction of sp³-hybridized carbons (Fsp3) is 0.417. The number of hydrogen-bond acceptors (Lipinski definition) is 10. The van der Waals surface area contributed by atoms with Gasteiger partial charge in [0.05, 0.1) is 11.7 Å². The van der Waals surface area contributed by atoms with Crippen LogP contribution in [0.3, 0.4) is 0 Å². The fourth-order valence-corrected chi connectivity index (χ4v) is 6.77. The van der Waals surface area contributed by atoms with Gasteiger partial charge < -0.3 is 22.1 Å². The number of nitrogens with zero attached hydrogens (tertiary/aromatic N) is 5. The number of aromatic nitrogens is 5. The molecule has 1 aliphatic carbocycles. The van der Waals surface area contributed by atoms with Crippen LogP contribution in [0.2, 0.25) is 0 Å². The van der Waals surface area contributed by atoms with E-state index in [2.05, 4.69) is 36.2 Å². The summed E-state index contributed by atoms with van der Waals surface area (Å²) in [5.41, 5.74) is 17.6. The topological polar surface area (TPSA) is 198 Å². The third kappa shape index (κ3) is 8.59. The second kappa shape index (κ2) is 16.9. The molecule has 7 N–H and O–H groups in total. The van der Waals surface area contributed by atoms with E-state index in [-0.39, 0.29) is 42.6 Å². The van der Waals surface area contributed by atoms with E-state index in [0.717, 1.165) is 61.0 Å². The van der Waals surface area contributed by atoms with Crippen molar-refractivity contribution in [2.24, 2.45) is 23.3 Å². The largest absolute Gasteiger partial charge is 0.348 e. The Labute approximate surface area is 297 Å². The first-order valence-electron chi connectivity index (χ1n) is 17.1. The lowest BCUT2D eigenvalue weighted by molar-refractivity contribution is -0.130. The number of halogens is 1. The van der Waals surface area contributed by atoms with E-state index in [1.807, 2.05) is 37.3 Å². The molecule has 264 valence electrons. The van der Waals surface area contributed by atoms with Crippen molar-refractivity contribution < 1.29 is 14.4 Å². The zero-order valence-electron chi connectivity index (χ0n) is 28.2. The van der Waals surface area contributed by atoms with Crippen LogP contribution < -0.4 is 27.0 Å². The number of pyridine rings is 1. The molecule has 3 heterocycles. The van der Waals surface area contributed by atoms with Crippen LogP contribution in [0.15, 0.2) is 60.8 Å². The molecule has 1 saturated carbocycles. The zero-order valence-corrected chi connectivity index (χ0v) is 29.0. The first-order chi connectivity index (χ1) is 23.8. The Kier molecular flexibility index (Phi) is 12.4. The molecule has 4 aromatic rings. The highest BCUT2D eigenvalue weighted by molar-refractivity contribution is 6.17. The van der Waals surface area contributed by atoms with Crippen molar-refractivity contribution in [2.45, 2.75) is 64.0 Å². The van der Waals surface area contributed by atoms with Gasteiger partial charge in [0.25, 0.3) is 11.8 Å². The quantitative estimate of drug-likeness (QED) is 0.164. The summed E-state index contributed by atoms with van der Waals surface area (Å²) >= 11 is 0. The average Bonchev–Trinajstić information content (AvgIpc) is 3.68. The van der Waals surface area contributed by atoms with Crippen molar-refractivity contribution in [1.29, 1.82) is 0 Å². The van der Waals surface area contributed by atoms with Crippen LogP contribution in [-0.2, 0) is 16.0 Å². The zero-order chi connectivity index (χ0) is 34.3. The number of carbonyl (C=O) groups is 3. The van der Waals surface area contributed by atoms with E-state index in [4.69, 9.17) is 11.5 Å². The lowest BCUT2D eigenvalue weighted by Gasteiger charge is -2.32. The SMILES string of the molecule is Cc1cc(C(=O)NC2CCNCC2)ncc1-c1ccc(C[C@H](N)C(=O)N(C(=O)C2CCC(CN)CC2)c2ccc(-c3nn[nH]n3)cc2)cc1.Cl. The number of carbonyl (C=O) groups excluding carboxylic acids is 3. The van der Waals surface area contributed by atoms with Crippen LogP contribution >= 0.6 is 12.4 Å². The van der Waals surface area contributed by atoms with Crippen LogP contribution in [-0.4, -0.2) is 75.0 Å². The van der Waals surface area contributed by atoms with Crippen molar-refractivity contribution in [2.75, 3.05) is 24.5 Å². The normalized spacial score (nSPS) is 18.5. The highest BCUT2D eigenvalue weighted by atomic mass is 35.5. The molecule has 13 nitrogen and oxygen atoms in total. The number of aromatic amines is 1. The van der Waals surface area contributed by atoms with Crippen LogP contribution in [0, 0.1) is 18.8 Å². The molecule has 2 aromatic carbocycles. The van der Waals surface area contributed by atoms with Crippen LogP contribution in [0.1, 0.15) is 60.1 Å². The molecule has 6 rings (SSSR count). The number of rotatable bonds is 10. The number of piperidine rings is 1. The molecule has 0 spiro atoms. The van der Waals surface area contributed by atoms with E-state index in [0.29, 0.717) is 48.1 Å². The Balaban J connectivity index is 0.00000486. The Morgan fingerprint density at radius 2 is 1.64 bits per heavy atom. The van der Waals surface area contributed by atoms with Crippen LogP contribution in [0.4, 0.5) is 5.69 Å². The van der Waals surface area contributed by atoms with Crippen molar-refractivity contribution in [3.8, 4) is 22.5 Å². The molecule has 0 radical (unpaired) electrons. The Bertz CT molecular complexity index is 1740. The van der Waals surface area contributed by atoms with Gasteiger partial charge in [-0.1, -0.05) is 24.3 Å². The molecule has 0 unspecified atom stereocenters. The van der Waals surface area contributed by atoms with E-state index >= 15 is 0 Å². The van der Waals surface area contributed by atoms with E-state index in [9.17, 15) is 14.4 Å². The number of imide groups is 1. The maximum atomic E-state index is 14.0. The third-order valence-corrected chi connectivity index (χ3v) is 9.75. The van der Waals surface area contributed by atoms with Crippen molar-refractivity contribution in [3.63, 3.8) is 0 Å². The lowest BCUT2D eigenvalue weighted by Crippen LogP contribution is -2.50. The lowest BCUT2D eigenvalue weighted by atomic mass is 9.81. The minimum absolute atomic E-state index is 0. The number of benzene rings is 2. The minimum Gasteiger partial charge on any atom is -0.348 e. The molecular weight excluding hydrogens is 656 g/mol. The first kappa shape index (κ1) is 36.7. The molecule has 2 fully saturated rings. The predicted octanol–water partition coefficient (Wildman–Crippen LogP) is 3.34. The fourth-order valence-electron chi connectivity index (χ4n) is 6.77. The number of nitrogens with two attached hydrogens (primary N) is 2. The minimum atomic E-state index is -0.951. The molecule has 2 aliphatic rings. The Hall–Kier alpha value is -4.56. The van der Waals surface area contributed by atoms with Gasteiger partial charge in [-0.15, -0.1) is 22.6 Å². The van der Waals surface area contributed by atoms with Crippen LogP contribution in [0.5, 0.6) is 0 Å². The molecule has 1 saturated heterocycles. The summed E-state index contributed by atoms with van der Waals surface area (Å²) in [6, 6.07) is 15.7. The Morgan fingerprint density at radius 3 is 2.26 bits per heavy atom. The smallest absolute Gasteiger partial charge is 0.270 e. The number of nitrogens with one attached hydrogen (secondary N) is 3. The maximum Gasteiger partial charge on any atom is 0.270 e. The maximum absolute atomic E-state index is 14.0. The van der Waals surface area contributed by atoms with Crippen molar-refractivity contribution >= 4 is 35.8 Å². The monoisotopic (exact) mass is 700 g/mol. The summed E-state index contributed by atoms with van der Waals surface area (Å²) in [6.07, 6.45) is 6.86. The van der Waals surface area contributed by atoms with Gasteiger partial charge in [-0.25, -0.2) is 4.90 Å². The second-order valence-corrected chi connectivity index (χ2v) is 13.1. The number of tetrazole rings is 1. The number of aryl methyl sites for hydroxylation is 1. The molecule has 50 heavy (non-hydrogen) atoms. The third-order valence-electron chi connectivity index (χ3n) is 9.75. The van der Waals surface area contributed by atoms with E-state index in [1.54, 1.807) is 30.5 Å². The van der Waals surface area contributed by atoms with Gasteiger partial charge in [-0.2, -0.15) is 5.21 Å². The van der Waals surface area contributed by atoms with Gasteiger partial charge in [0.15, 0.2) is 0 Å². The van der Waals surface area contributed by atoms with E-state index in [1.165, 1.54) is 4.90 Å². The molecule has 2 aromatic heterocycles. The van der Waals surface area contributed by atoms with Gasteiger partial charge in [-0.05, 0) is 130 Å². The van der Waals surface area contributed by atoms with Gasteiger partial charge in [0.1, 0.15) is 5.69 Å². The molecule has 14 heteroatoms. The summed E-state index contributed by atoms with van der Waals surface area (Å²) in [4.78, 5) is 46.5. The van der Waals surface area contributed by atoms with Gasteiger partial charge in [0, 0.05) is 29.3 Å². The second-order valence-electron chi connectivity index (χ2n) is 13.1. The molecule has 1 atom stereocenters. The molecule has 0 bridgehead atoms. The highest BCUT2D eigenvalue weighted by Gasteiger charge is 2.35. The van der Waals surface area contributed by atoms with Crippen LogP contribution in [0.25, 0.3) is 22.5 Å². The molecular formula is C36H45ClN10O3. The highest BCUT2D eigenvalue weighted by Crippen LogP contribution is 2.32. The summed E-state index contributed by atoms with van der Waals surface area (Å²) in [6.45, 7) is 4.36. The molecule has 3 amide bonds. The van der Waals surface area contributed by atoms with Gasteiger partial charge in [0.2, 0.25) is 11.7 Å². The Morgan fingerprint density at radius 1 is 0.960 bits per heavy atom. The number of H-pyrrole nitrogens is 1.